The number of allylic oxidation sites excluding steroid dienone is 2. The van der Waals surface area contributed by atoms with E-state index >= 15 is 0 Å². The Kier molecular flexibility index (Phi) is 10.4. The van der Waals surface area contributed by atoms with E-state index in [1.54, 1.807) is 6.07 Å². The number of aryl methyl sites for hydroxylation is 1. The van der Waals surface area contributed by atoms with Gasteiger partial charge in [0.05, 0.1) is 0 Å². The predicted octanol–water partition coefficient (Wildman–Crippen LogP) is 10.4. The fourth-order valence-electron chi connectivity index (χ4n) is 5.75. The van der Waals surface area contributed by atoms with Crippen LogP contribution in [-0.4, -0.2) is 0 Å². The topological polar surface area (TPSA) is 0 Å². The quantitative estimate of drug-likeness (QED) is 0.184. The van der Waals surface area contributed by atoms with Gasteiger partial charge in [0.1, 0.15) is 5.82 Å². The third-order valence-electron chi connectivity index (χ3n) is 8.20. The van der Waals surface area contributed by atoms with Crippen molar-refractivity contribution >= 4 is 12.2 Å². The molecule has 0 aliphatic heterocycles. The van der Waals surface area contributed by atoms with E-state index in [-0.39, 0.29) is 5.82 Å². The van der Waals surface area contributed by atoms with Crippen molar-refractivity contribution in [2.45, 2.75) is 77.6 Å². The summed E-state index contributed by atoms with van der Waals surface area (Å²) >= 11 is 0. The lowest BCUT2D eigenvalue weighted by molar-refractivity contribution is 0.254. The van der Waals surface area contributed by atoms with Crippen LogP contribution in [0.2, 0.25) is 0 Å². The van der Waals surface area contributed by atoms with Crippen LogP contribution in [0.1, 0.15) is 92.5 Å². The van der Waals surface area contributed by atoms with Gasteiger partial charge in [-0.15, -0.1) is 0 Å². The van der Waals surface area contributed by atoms with Gasteiger partial charge in [-0.1, -0.05) is 124 Å². The number of benzene rings is 3. The molecule has 0 radical (unpaired) electrons. The summed E-state index contributed by atoms with van der Waals surface area (Å²) in [7, 11) is 0. The van der Waals surface area contributed by atoms with E-state index in [4.69, 9.17) is 0 Å². The van der Waals surface area contributed by atoms with Crippen LogP contribution in [0, 0.1) is 17.7 Å². The molecule has 4 rings (SSSR count). The van der Waals surface area contributed by atoms with Crippen molar-refractivity contribution in [1.82, 2.24) is 0 Å². The molecule has 0 nitrogen and oxygen atoms in total. The lowest BCUT2D eigenvalue weighted by Gasteiger charge is -2.28. The lowest BCUT2D eigenvalue weighted by atomic mass is 9.78. The highest BCUT2D eigenvalue weighted by molar-refractivity contribution is 5.70. The van der Waals surface area contributed by atoms with Crippen LogP contribution >= 0.6 is 0 Å². The van der Waals surface area contributed by atoms with Crippen molar-refractivity contribution in [3.63, 3.8) is 0 Å². The Morgan fingerprint density at radius 2 is 1.49 bits per heavy atom. The van der Waals surface area contributed by atoms with E-state index in [2.05, 4.69) is 80.6 Å². The molecule has 0 heterocycles. The number of halogens is 1. The first-order chi connectivity index (χ1) is 18.1. The fourth-order valence-corrected chi connectivity index (χ4v) is 5.75. The summed E-state index contributed by atoms with van der Waals surface area (Å²) in [5, 5.41) is 0. The standard InChI is InChI=1S/C36H43F/c1-3-4-6-9-29-12-14-30(15-13-29)16-17-31-18-20-32(21-19-31)22-24-35-25-23-33(27-36(35)37)26-28(2)34-10-7-5-8-11-34/h3-5,7-8,10-11,18-25,27-30H,6,9,12-17,26H2,1-2H3/b4-3+,24-22+. The van der Waals surface area contributed by atoms with E-state index in [1.165, 1.54) is 56.1 Å². The van der Waals surface area contributed by atoms with Gasteiger partial charge in [0.25, 0.3) is 0 Å². The zero-order valence-electron chi connectivity index (χ0n) is 22.7. The molecule has 0 spiro atoms. The second-order valence-electron chi connectivity index (χ2n) is 11.0. The summed E-state index contributed by atoms with van der Waals surface area (Å²) in [6.45, 7) is 4.31. The van der Waals surface area contributed by atoms with Gasteiger partial charge < -0.3 is 0 Å². The molecule has 1 heteroatoms. The summed E-state index contributed by atoms with van der Waals surface area (Å²) in [5.74, 6) is 2.04. The molecule has 1 aliphatic carbocycles. The molecule has 3 aromatic carbocycles. The third-order valence-corrected chi connectivity index (χ3v) is 8.20. The first-order valence-corrected chi connectivity index (χ1v) is 14.3. The molecule has 1 saturated carbocycles. The van der Waals surface area contributed by atoms with Crippen molar-refractivity contribution in [1.29, 1.82) is 0 Å². The average Bonchev–Trinajstić information content (AvgIpc) is 2.93. The molecule has 1 unspecified atom stereocenters. The summed E-state index contributed by atoms with van der Waals surface area (Å²) in [5.41, 5.74) is 5.50. The molecule has 0 saturated heterocycles. The van der Waals surface area contributed by atoms with Gasteiger partial charge in [-0.05, 0) is 85.1 Å². The largest absolute Gasteiger partial charge is 0.206 e. The normalized spacial score (nSPS) is 19.0. The maximum absolute atomic E-state index is 14.8. The highest BCUT2D eigenvalue weighted by atomic mass is 19.1. The van der Waals surface area contributed by atoms with Crippen molar-refractivity contribution in [3.8, 4) is 0 Å². The van der Waals surface area contributed by atoms with Gasteiger partial charge >= 0.3 is 0 Å². The van der Waals surface area contributed by atoms with Gasteiger partial charge in [-0.2, -0.15) is 0 Å². The molecule has 194 valence electrons. The zero-order chi connectivity index (χ0) is 25.9. The molecule has 0 bridgehead atoms. The van der Waals surface area contributed by atoms with Crippen LogP contribution in [0.3, 0.4) is 0 Å². The van der Waals surface area contributed by atoms with E-state index < -0.39 is 0 Å². The Bertz CT molecular complexity index is 1130. The van der Waals surface area contributed by atoms with Crippen LogP contribution in [0.25, 0.3) is 12.2 Å². The summed E-state index contributed by atoms with van der Waals surface area (Å²) in [6.07, 6.45) is 19.9. The van der Waals surface area contributed by atoms with Gasteiger partial charge in [0.15, 0.2) is 0 Å². The van der Waals surface area contributed by atoms with Crippen LogP contribution < -0.4 is 0 Å². The molecular formula is C36H43F. The second kappa shape index (κ2) is 14.1. The molecule has 1 atom stereocenters. The predicted molar refractivity (Wildman–Crippen MR) is 158 cm³/mol. The summed E-state index contributed by atoms with van der Waals surface area (Å²) in [6, 6.07) is 24.9. The van der Waals surface area contributed by atoms with Crippen molar-refractivity contribution in [2.24, 2.45) is 11.8 Å². The molecule has 0 N–H and O–H groups in total. The highest BCUT2D eigenvalue weighted by Crippen LogP contribution is 2.34. The second-order valence-corrected chi connectivity index (χ2v) is 11.0. The van der Waals surface area contributed by atoms with Crippen LogP contribution in [-0.2, 0) is 12.8 Å². The third kappa shape index (κ3) is 8.56. The maximum atomic E-state index is 14.8. The van der Waals surface area contributed by atoms with Crippen LogP contribution in [0.15, 0.2) is 84.9 Å². The summed E-state index contributed by atoms with van der Waals surface area (Å²) < 4.78 is 14.8. The Morgan fingerprint density at radius 3 is 2.16 bits per heavy atom. The fraction of sp³-hybridized carbons (Fsp3) is 0.389. The van der Waals surface area contributed by atoms with Crippen LogP contribution in [0.5, 0.6) is 0 Å². The molecule has 1 aliphatic rings. The molecule has 3 aromatic rings. The monoisotopic (exact) mass is 494 g/mol. The van der Waals surface area contributed by atoms with Crippen molar-refractivity contribution < 1.29 is 4.39 Å². The minimum atomic E-state index is -0.151. The average molecular weight is 495 g/mol. The maximum Gasteiger partial charge on any atom is 0.130 e. The van der Waals surface area contributed by atoms with Gasteiger partial charge in [-0.3, -0.25) is 0 Å². The SMILES string of the molecule is C/C=C/CCC1CCC(CCc2ccc(/C=C/c3ccc(CC(C)c4ccccc4)cc3F)cc2)CC1. The Balaban J connectivity index is 1.23. The number of rotatable bonds is 11. The minimum Gasteiger partial charge on any atom is -0.206 e. The summed E-state index contributed by atoms with van der Waals surface area (Å²) in [4.78, 5) is 0. The molecule has 0 amide bonds. The Morgan fingerprint density at radius 1 is 0.811 bits per heavy atom. The zero-order valence-corrected chi connectivity index (χ0v) is 22.7. The van der Waals surface area contributed by atoms with E-state index in [0.29, 0.717) is 11.5 Å². The first kappa shape index (κ1) is 27.1. The highest BCUT2D eigenvalue weighted by Gasteiger charge is 2.20. The molecular weight excluding hydrogens is 451 g/mol. The number of hydrogen-bond acceptors (Lipinski definition) is 0. The van der Waals surface area contributed by atoms with E-state index in [0.717, 1.165) is 35.8 Å². The van der Waals surface area contributed by atoms with E-state index in [9.17, 15) is 4.39 Å². The van der Waals surface area contributed by atoms with Gasteiger partial charge in [0, 0.05) is 5.56 Å². The van der Waals surface area contributed by atoms with Crippen molar-refractivity contribution in [3.05, 3.63) is 119 Å². The molecule has 0 aromatic heterocycles. The van der Waals surface area contributed by atoms with Gasteiger partial charge in [0.2, 0.25) is 0 Å². The van der Waals surface area contributed by atoms with Crippen molar-refractivity contribution in [2.75, 3.05) is 0 Å². The van der Waals surface area contributed by atoms with Crippen LogP contribution in [0.4, 0.5) is 4.39 Å². The molecule has 1 fully saturated rings. The van der Waals surface area contributed by atoms with E-state index in [1.807, 2.05) is 24.3 Å². The van der Waals surface area contributed by atoms with Gasteiger partial charge in [-0.25, -0.2) is 4.39 Å². The minimum absolute atomic E-state index is 0.151. The smallest absolute Gasteiger partial charge is 0.130 e. The Labute approximate surface area is 224 Å². The lowest BCUT2D eigenvalue weighted by Crippen LogP contribution is -2.15. The number of hydrogen-bond donors (Lipinski definition) is 0. The Hall–Kier alpha value is -2.93. The first-order valence-electron chi connectivity index (χ1n) is 14.3. The molecule has 37 heavy (non-hydrogen) atoms.